The van der Waals surface area contributed by atoms with E-state index in [9.17, 15) is 14.7 Å². The summed E-state index contributed by atoms with van der Waals surface area (Å²) in [6, 6.07) is 11.6. The van der Waals surface area contributed by atoms with Gasteiger partial charge in [-0.1, -0.05) is 31.2 Å². The standard InChI is InChI=1S/C23H27N3O3/c1-3-21(28)26-12-17-11-25(23(29)20-10-16(14-27)8-9-24-20)13-19(17)22(26)18-7-5-4-6-15(18)2/h4-10,17,19,22,27H,3,11-14H2,1-2H3/t17-,19-,22+/m0/s1. The van der Waals surface area contributed by atoms with Gasteiger partial charge in [-0.25, -0.2) is 0 Å². The number of carbonyl (C=O) groups excluding carboxylic acids is 2. The molecule has 0 saturated carbocycles. The van der Waals surface area contributed by atoms with Crippen molar-refractivity contribution >= 4 is 11.8 Å². The maximum Gasteiger partial charge on any atom is 0.272 e. The third kappa shape index (κ3) is 3.53. The Morgan fingerprint density at radius 3 is 2.69 bits per heavy atom. The van der Waals surface area contributed by atoms with E-state index in [2.05, 4.69) is 24.0 Å². The van der Waals surface area contributed by atoms with E-state index < -0.39 is 0 Å². The Morgan fingerprint density at radius 2 is 1.97 bits per heavy atom. The summed E-state index contributed by atoms with van der Waals surface area (Å²) in [6.45, 7) is 5.80. The Bertz CT molecular complexity index is 929. The molecular formula is C23H27N3O3. The second kappa shape index (κ2) is 7.95. The summed E-state index contributed by atoms with van der Waals surface area (Å²) in [7, 11) is 0. The SMILES string of the molecule is CCC(=O)N1C[C@@H]2CN(C(=O)c3cc(CO)ccn3)C[C@@H]2[C@H]1c1ccccc1C. The molecule has 2 aliphatic rings. The van der Waals surface area contributed by atoms with Crippen molar-refractivity contribution in [3.63, 3.8) is 0 Å². The summed E-state index contributed by atoms with van der Waals surface area (Å²) in [5, 5.41) is 9.34. The number of nitrogens with zero attached hydrogens (tertiary/aromatic N) is 3. The summed E-state index contributed by atoms with van der Waals surface area (Å²) >= 11 is 0. The van der Waals surface area contributed by atoms with E-state index in [1.165, 1.54) is 11.1 Å². The zero-order valence-electron chi connectivity index (χ0n) is 16.9. The normalized spacial score (nSPS) is 23.3. The van der Waals surface area contributed by atoms with Crippen molar-refractivity contribution in [2.75, 3.05) is 19.6 Å². The first-order valence-electron chi connectivity index (χ1n) is 10.2. The number of carbonyl (C=O) groups is 2. The summed E-state index contributed by atoms with van der Waals surface area (Å²) in [5.74, 6) is 0.547. The van der Waals surface area contributed by atoms with Crippen LogP contribution in [0, 0.1) is 18.8 Å². The Hall–Kier alpha value is -2.73. The molecule has 0 spiro atoms. The highest BCUT2D eigenvalue weighted by Gasteiger charge is 2.50. The monoisotopic (exact) mass is 393 g/mol. The molecule has 6 heteroatoms. The second-order valence-electron chi connectivity index (χ2n) is 8.04. The van der Waals surface area contributed by atoms with Crippen molar-refractivity contribution in [2.24, 2.45) is 11.8 Å². The molecule has 29 heavy (non-hydrogen) atoms. The highest BCUT2D eigenvalue weighted by atomic mass is 16.3. The van der Waals surface area contributed by atoms with Gasteiger partial charge >= 0.3 is 0 Å². The van der Waals surface area contributed by atoms with Gasteiger partial charge < -0.3 is 14.9 Å². The van der Waals surface area contributed by atoms with Crippen LogP contribution in [-0.2, 0) is 11.4 Å². The lowest BCUT2D eigenvalue weighted by Crippen LogP contribution is -2.37. The second-order valence-corrected chi connectivity index (χ2v) is 8.04. The van der Waals surface area contributed by atoms with Crippen LogP contribution in [0.1, 0.15) is 46.6 Å². The van der Waals surface area contributed by atoms with Crippen molar-refractivity contribution in [1.82, 2.24) is 14.8 Å². The molecule has 2 fully saturated rings. The fourth-order valence-electron chi connectivity index (χ4n) is 4.84. The van der Waals surface area contributed by atoms with E-state index in [4.69, 9.17) is 0 Å². The predicted octanol–water partition coefficient (Wildman–Crippen LogP) is 2.56. The van der Waals surface area contributed by atoms with Crippen molar-refractivity contribution in [1.29, 1.82) is 0 Å². The van der Waals surface area contributed by atoms with Crippen LogP contribution in [0.3, 0.4) is 0 Å². The first kappa shape index (κ1) is 19.6. The maximum absolute atomic E-state index is 13.0. The Kier molecular flexibility index (Phi) is 5.37. The molecule has 4 rings (SSSR count). The van der Waals surface area contributed by atoms with Gasteiger partial charge in [0.1, 0.15) is 5.69 Å². The van der Waals surface area contributed by atoms with Gasteiger partial charge in [0, 0.05) is 44.1 Å². The van der Waals surface area contributed by atoms with E-state index in [1.807, 2.05) is 28.9 Å². The van der Waals surface area contributed by atoms with Gasteiger partial charge in [-0.15, -0.1) is 0 Å². The third-order valence-corrected chi connectivity index (χ3v) is 6.31. The number of hydrogen-bond donors (Lipinski definition) is 1. The van der Waals surface area contributed by atoms with Gasteiger partial charge in [-0.2, -0.15) is 0 Å². The first-order valence-corrected chi connectivity index (χ1v) is 10.2. The molecule has 3 heterocycles. The number of pyridine rings is 1. The molecule has 3 atom stereocenters. The number of amides is 2. The minimum Gasteiger partial charge on any atom is -0.392 e. The van der Waals surface area contributed by atoms with Crippen molar-refractivity contribution in [2.45, 2.75) is 32.9 Å². The van der Waals surface area contributed by atoms with Gasteiger partial charge in [0.2, 0.25) is 5.91 Å². The molecule has 1 N–H and O–H groups in total. The molecule has 6 nitrogen and oxygen atoms in total. The molecular weight excluding hydrogens is 366 g/mol. The van der Waals surface area contributed by atoms with Crippen LogP contribution in [0.4, 0.5) is 0 Å². The minimum absolute atomic E-state index is 0.00295. The lowest BCUT2D eigenvalue weighted by atomic mass is 9.87. The van der Waals surface area contributed by atoms with Crippen molar-refractivity contribution in [3.05, 3.63) is 65.0 Å². The lowest BCUT2D eigenvalue weighted by Gasteiger charge is -2.30. The van der Waals surface area contributed by atoms with E-state index in [0.717, 1.165) is 0 Å². The van der Waals surface area contributed by atoms with Crippen LogP contribution in [0.5, 0.6) is 0 Å². The van der Waals surface area contributed by atoms with Gasteiger partial charge in [0.25, 0.3) is 5.91 Å². The average molecular weight is 393 g/mol. The predicted molar refractivity (Wildman–Crippen MR) is 109 cm³/mol. The Morgan fingerprint density at radius 1 is 1.17 bits per heavy atom. The summed E-state index contributed by atoms with van der Waals surface area (Å²) in [5.41, 5.74) is 3.40. The molecule has 2 amide bonds. The maximum atomic E-state index is 13.0. The quantitative estimate of drug-likeness (QED) is 0.866. The zero-order valence-corrected chi connectivity index (χ0v) is 16.9. The number of aliphatic hydroxyl groups is 1. The number of aromatic nitrogens is 1. The minimum atomic E-state index is -0.114. The summed E-state index contributed by atoms with van der Waals surface area (Å²) in [6.07, 6.45) is 2.05. The van der Waals surface area contributed by atoms with E-state index in [1.54, 1.807) is 18.3 Å². The molecule has 2 saturated heterocycles. The molecule has 1 aromatic heterocycles. The molecule has 0 unspecified atom stereocenters. The number of aliphatic hydroxyl groups excluding tert-OH is 1. The van der Waals surface area contributed by atoms with Crippen molar-refractivity contribution in [3.8, 4) is 0 Å². The molecule has 152 valence electrons. The fraction of sp³-hybridized carbons (Fsp3) is 0.435. The zero-order chi connectivity index (χ0) is 20.5. The topological polar surface area (TPSA) is 73.7 Å². The van der Waals surface area contributed by atoms with Crippen LogP contribution in [0.2, 0.25) is 0 Å². The molecule has 2 aliphatic heterocycles. The van der Waals surface area contributed by atoms with E-state index >= 15 is 0 Å². The van der Waals surface area contributed by atoms with E-state index in [-0.39, 0.29) is 36.3 Å². The van der Waals surface area contributed by atoms with Crippen LogP contribution < -0.4 is 0 Å². The van der Waals surface area contributed by atoms with Crippen LogP contribution in [-0.4, -0.2) is 51.3 Å². The van der Waals surface area contributed by atoms with Crippen LogP contribution >= 0.6 is 0 Å². The van der Waals surface area contributed by atoms with Crippen LogP contribution in [0.15, 0.2) is 42.6 Å². The number of likely N-dealkylation sites (tertiary alicyclic amines) is 2. The number of hydrogen-bond acceptors (Lipinski definition) is 4. The van der Waals surface area contributed by atoms with Gasteiger partial charge in [-0.3, -0.25) is 14.6 Å². The van der Waals surface area contributed by atoms with Crippen LogP contribution in [0.25, 0.3) is 0 Å². The van der Waals surface area contributed by atoms with Crippen molar-refractivity contribution < 1.29 is 14.7 Å². The van der Waals surface area contributed by atoms with Gasteiger partial charge in [0.15, 0.2) is 0 Å². The molecule has 0 aliphatic carbocycles. The molecule has 2 aromatic rings. The molecule has 1 aromatic carbocycles. The average Bonchev–Trinajstić information content (AvgIpc) is 3.31. The molecule has 0 radical (unpaired) electrons. The van der Waals surface area contributed by atoms with Gasteiger partial charge in [0.05, 0.1) is 12.6 Å². The number of benzene rings is 1. The fourth-order valence-corrected chi connectivity index (χ4v) is 4.84. The Balaban J connectivity index is 1.61. The summed E-state index contributed by atoms with van der Waals surface area (Å²) in [4.78, 5) is 33.8. The van der Waals surface area contributed by atoms with E-state index in [0.29, 0.717) is 37.3 Å². The molecule has 0 bridgehead atoms. The highest BCUT2D eigenvalue weighted by molar-refractivity contribution is 5.92. The van der Waals surface area contributed by atoms with Gasteiger partial charge in [-0.05, 0) is 35.7 Å². The number of rotatable bonds is 4. The third-order valence-electron chi connectivity index (χ3n) is 6.31. The lowest BCUT2D eigenvalue weighted by molar-refractivity contribution is -0.132. The first-order chi connectivity index (χ1) is 14.0. The number of aryl methyl sites for hydroxylation is 1. The summed E-state index contributed by atoms with van der Waals surface area (Å²) < 4.78 is 0. The Labute approximate surface area is 171 Å². The largest absolute Gasteiger partial charge is 0.392 e. The highest BCUT2D eigenvalue weighted by Crippen LogP contribution is 2.46. The smallest absolute Gasteiger partial charge is 0.272 e. The number of fused-ring (bicyclic) bond motifs is 1.